The van der Waals surface area contributed by atoms with E-state index in [0.29, 0.717) is 28.4 Å². The summed E-state index contributed by atoms with van der Waals surface area (Å²) in [6.45, 7) is 0. The van der Waals surface area contributed by atoms with Crippen molar-refractivity contribution in [2.75, 3.05) is 14.2 Å². The lowest BCUT2D eigenvalue weighted by Crippen LogP contribution is -2.10. The normalized spacial score (nSPS) is 10.2. The molecule has 186 valence electrons. The highest BCUT2D eigenvalue weighted by Crippen LogP contribution is 2.22. The summed E-state index contributed by atoms with van der Waals surface area (Å²) in [6, 6.07) is 25.1. The molecule has 0 unspecified atom stereocenters. The zero-order valence-electron chi connectivity index (χ0n) is 20.0. The minimum absolute atomic E-state index is 0.263. The van der Waals surface area contributed by atoms with Crippen molar-refractivity contribution in [1.29, 1.82) is 0 Å². The Bertz CT molecular complexity index is 1370. The fourth-order valence-electron chi connectivity index (χ4n) is 3.19. The summed E-state index contributed by atoms with van der Waals surface area (Å²) in [5, 5.41) is 0. The molecule has 37 heavy (non-hydrogen) atoms. The maximum Gasteiger partial charge on any atom is 0.343 e. The molecule has 0 saturated heterocycles. The van der Waals surface area contributed by atoms with E-state index in [1.54, 1.807) is 55.6 Å². The Hall–Kier alpha value is -5.11. The van der Waals surface area contributed by atoms with Gasteiger partial charge in [-0.2, -0.15) is 0 Å². The Morgan fingerprint density at radius 2 is 0.595 bits per heavy atom. The third kappa shape index (κ3) is 6.52. The molecule has 0 bridgehead atoms. The van der Waals surface area contributed by atoms with Gasteiger partial charge in [0.1, 0.15) is 28.7 Å². The summed E-state index contributed by atoms with van der Waals surface area (Å²) >= 11 is 0. The number of ether oxygens (including phenoxy) is 5. The van der Waals surface area contributed by atoms with Gasteiger partial charge in [-0.05, 0) is 97.1 Å². The third-order valence-electron chi connectivity index (χ3n) is 5.20. The van der Waals surface area contributed by atoms with Gasteiger partial charge in [0, 0.05) is 0 Å². The second-order valence-corrected chi connectivity index (χ2v) is 7.62. The molecule has 0 N–H and O–H groups in total. The van der Waals surface area contributed by atoms with Gasteiger partial charge in [0.05, 0.1) is 30.9 Å². The zero-order chi connectivity index (χ0) is 26.2. The van der Waals surface area contributed by atoms with Crippen molar-refractivity contribution in [2.24, 2.45) is 0 Å². The van der Waals surface area contributed by atoms with Crippen LogP contribution in [0.15, 0.2) is 97.1 Å². The lowest BCUT2D eigenvalue weighted by atomic mass is 10.2. The molecule has 0 aliphatic carbocycles. The van der Waals surface area contributed by atoms with Gasteiger partial charge < -0.3 is 23.7 Å². The Labute approximate surface area is 212 Å². The predicted molar refractivity (Wildman–Crippen MR) is 134 cm³/mol. The molecule has 0 aliphatic heterocycles. The van der Waals surface area contributed by atoms with Crippen LogP contribution in [0.5, 0.6) is 28.7 Å². The molecule has 0 heterocycles. The molecule has 4 aromatic rings. The molecule has 0 aromatic heterocycles. The molecule has 8 nitrogen and oxygen atoms in total. The van der Waals surface area contributed by atoms with Gasteiger partial charge in [-0.3, -0.25) is 0 Å². The molecule has 4 aromatic carbocycles. The van der Waals surface area contributed by atoms with E-state index in [2.05, 4.69) is 0 Å². The summed E-state index contributed by atoms with van der Waals surface area (Å²) < 4.78 is 26.2. The van der Waals surface area contributed by atoms with E-state index in [1.807, 2.05) is 0 Å². The van der Waals surface area contributed by atoms with Crippen molar-refractivity contribution in [1.82, 2.24) is 0 Å². The van der Waals surface area contributed by atoms with Gasteiger partial charge in [-0.15, -0.1) is 0 Å². The van der Waals surface area contributed by atoms with Crippen LogP contribution in [0.1, 0.15) is 31.1 Å². The summed E-state index contributed by atoms with van der Waals surface area (Å²) in [7, 11) is 3.08. The second kappa shape index (κ2) is 11.5. The van der Waals surface area contributed by atoms with Crippen molar-refractivity contribution in [3.05, 3.63) is 114 Å². The number of esters is 3. The first-order chi connectivity index (χ1) is 17.9. The van der Waals surface area contributed by atoms with Crippen LogP contribution in [-0.4, -0.2) is 32.1 Å². The van der Waals surface area contributed by atoms with E-state index in [1.165, 1.54) is 55.6 Å². The number of hydrogen-bond acceptors (Lipinski definition) is 8. The first kappa shape index (κ1) is 25.0. The monoisotopic (exact) mass is 498 g/mol. The fourth-order valence-corrected chi connectivity index (χ4v) is 3.19. The number of methoxy groups -OCH3 is 2. The zero-order valence-corrected chi connectivity index (χ0v) is 20.0. The maximum absolute atomic E-state index is 12.5. The number of hydrogen-bond donors (Lipinski definition) is 0. The Morgan fingerprint density at radius 1 is 0.378 bits per heavy atom. The van der Waals surface area contributed by atoms with E-state index in [0.717, 1.165) is 0 Å². The molecule has 8 heteroatoms. The van der Waals surface area contributed by atoms with Gasteiger partial charge in [-0.1, -0.05) is 0 Å². The van der Waals surface area contributed by atoms with Crippen LogP contribution in [0.2, 0.25) is 0 Å². The Morgan fingerprint density at radius 3 is 0.838 bits per heavy atom. The molecule has 0 amide bonds. The van der Waals surface area contributed by atoms with Crippen LogP contribution in [0.3, 0.4) is 0 Å². The molecule has 0 spiro atoms. The van der Waals surface area contributed by atoms with Crippen molar-refractivity contribution < 1.29 is 38.1 Å². The lowest BCUT2D eigenvalue weighted by Gasteiger charge is -2.08. The van der Waals surface area contributed by atoms with Gasteiger partial charge in [-0.25, -0.2) is 14.4 Å². The molecule has 0 atom stereocenters. The van der Waals surface area contributed by atoms with Gasteiger partial charge in [0.25, 0.3) is 0 Å². The summed E-state index contributed by atoms with van der Waals surface area (Å²) in [5.74, 6) is 0.436. The Balaban J connectivity index is 1.31. The second-order valence-electron chi connectivity index (χ2n) is 7.62. The van der Waals surface area contributed by atoms with Crippen LogP contribution in [0.4, 0.5) is 0 Å². The minimum atomic E-state index is -0.601. The molecule has 0 radical (unpaired) electrons. The van der Waals surface area contributed by atoms with Gasteiger partial charge >= 0.3 is 17.9 Å². The first-order valence-corrected chi connectivity index (χ1v) is 11.1. The predicted octanol–water partition coefficient (Wildman–Crippen LogP) is 5.36. The molecule has 0 saturated carbocycles. The largest absolute Gasteiger partial charge is 0.497 e. The van der Waals surface area contributed by atoms with Gasteiger partial charge in [0.15, 0.2) is 0 Å². The van der Waals surface area contributed by atoms with Crippen molar-refractivity contribution >= 4 is 17.9 Å². The summed E-state index contributed by atoms with van der Waals surface area (Å²) in [6.07, 6.45) is 0. The molecular weight excluding hydrogens is 476 g/mol. The average Bonchev–Trinajstić information content (AvgIpc) is 2.94. The standard InChI is InChI=1S/C29H22O8/c1-33-22-9-3-19(4-10-22)27(30)35-24-13-7-21(8-14-24)29(32)37-26-17-15-25(16-18-26)36-28(31)20-5-11-23(34-2)12-6-20/h3-18H,1-2H3. The van der Waals surface area contributed by atoms with E-state index >= 15 is 0 Å². The van der Waals surface area contributed by atoms with E-state index in [9.17, 15) is 14.4 Å². The van der Waals surface area contributed by atoms with Crippen LogP contribution >= 0.6 is 0 Å². The molecule has 0 fully saturated rings. The van der Waals surface area contributed by atoms with E-state index < -0.39 is 17.9 Å². The molecular formula is C29H22O8. The van der Waals surface area contributed by atoms with Crippen molar-refractivity contribution in [2.45, 2.75) is 0 Å². The molecule has 0 aliphatic rings. The third-order valence-corrected chi connectivity index (χ3v) is 5.20. The average molecular weight is 498 g/mol. The van der Waals surface area contributed by atoms with Crippen LogP contribution < -0.4 is 23.7 Å². The molecule has 4 rings (SSSR count). The highest BCUT2D eigenvalue weighted by molar-refractivity contribution is 5.93. The minimum Gasteiger partial charge on any atom is -0.497 e. The topological polar surface area (TPSA) is 97.4 Å². The summed E-state index contributed by atoms with van der Waals surface area (Å²) in [5.41, 5.74) is 0.996. The number of rotatable bonds is 8. The lowest BCUT2D eigenvalue weighted by molar-refractivity contribution is 0.0718. The highest BCUT2D eigenvalue weighted by atomic mass is 16.5. The van der Waals surface area contributed by atoms with Crippen LogP contribution in [0, 0.1) is 0 Å². The first-order valence-electron chi connectivity index (χ1n) is 11.1. The van der Waals surface area contributed by atoms with Crippen LogP contribution in [0.25, 0.3) is 0 Å². The Kier molecular flexibility index (Phi) is 7.80. The quantitative estimate of drug-likeness (QED) is 0.237. The number of carbonyl (C=O) groups is 3. The SMILES string of the molecule is COc1ccc(C(=O)Oc2ccc(OC(=O)c3ccc(OC(=O)c4ccc(OC)cc4)cc3)cc2)cc1. The fraction of sp³-hybridized carbons (Fsp3) is 0.0690. The number of benzene rings is 4. The van der Waals surface area contributed by atoms with E-state index in [4.69, 9.17) is 23.7 Å². The van der Waals surface area contributed by atoms with Crippen molar-refractivity contribution in [3.8, 4) is 28.7 Å². The highest BCUT2D eigenvalue weighted by Gasteiger charge is 2.13. The van der Waals surface area contributed by atoms with Crippen molar-refractivity contribution in [3.63, 3.8) is 0 Å². The summed E-state index contributed by atoms with van der Waals surface area (Å²) in [4.78, 5) is 37.1. The smallest absolute Gasteiger partial charge is 0.343 e. The van der Waals surface area contributed by atoms with Gasteiger partial charge in [0.2, 0.25) is 0 Å². The van der Waals surface area contributed by atoms with E-state index in [-0.39, 0.29) is 17.1 Å². The van der Waals surface area contributed by atoms with Crippen LogP contribution in [-0.2, 0) is 0 Å². The maximum atomic E-state index is 12.5. The number of carbonyl (C=O) groups excluding carboxylic acids is 3.